The quantitative estimate of drug-likeness (QED) is 0.739. The maximum Gasteiger partial charge on any atom is 0.251 e. The highest BCUT2D eigenvalue weighted by molar-refractivity contribution is 5.97. The van der Waals surface area contributed by atoms with Gasteiger partial charge in [-0.3, -0.25) is 14.4 Å². The minimum atomic E-state index is -0.604. The molecule has 1 aromatic carbocycles. The van der Waals surface area contributed by atoms with Crippen molar-refractivity contribution in [3.05, 3.63) is 35.9 Å². The zero-order valence-corrected chi connectivity index (χ0v) is 14.8. The molecule has 0 aromatic heterocycles. The summed E-state index contributed by atoms with van der Waals surface area (Å²) < 4.78 is 0. The van der Waals surface area contributed by atoms with E-state index in [0.717, 1.165) is 32.2 Å². The molecule has 2 N–H and O–H groups in total. The van der Waals surface area contributed by atoms with E-state index in [1.807, 2.05) is 11.0 Å². The first kappa shape index (κ1) is 19.0. The molecule has 6 nitrogen and oxygen atoms in total. The molecule has 0 radical (unpaired) electrons. The van der Waals surface area contributed by atoms with Crippen LogP contribution in [0.2, 0.25) is 0 Å². The summed E-state index contributed by atoms with van der Waals surface area (Å²) in [5.74, 6) is -0.266. The van der Waals surface area contributed by atoms with Crippen LogP contribution in [0, 0.1) is 0 Å². The predicted molar refractivity (Wildman–Crippen MR) is 96.0 cm³/mol. The number of nitrogens with zero attached hydrogens (tertiary/aromatic N) is 1. The van der Waals surface area contributed by atoms with Crippen LogP contribution >= 0.6 is 0 Å². The van der Waals surface area contributed by atoms with Crippen molar-refractivity contribution >= 4 is 17.7 Å². The van der Waals surface area contributed by atoms with Crippen LogP contribution in [0.5, 0.6) is 0 Å². The second kappa shape index (κ2) is 9.81. The van der Waals surface area contributed by atoms with Crippen molar-refractivity contribution in [1.29, 1.82) is 0 Å². The van der Waals surface area contributed by atoms with Crippen LogP contribution in [-0.4, -0.2) is 48.3 Å². The number of rotatable bonds is 7. The normalized spacial score (nSPS) is 16.0. The van der Waals surface area contributed by atoms with E-state index in [4.69, 9.17) is 0 Å². The van der Waals surface area contributed by atoms with Crippen molar-refractivity contribution < 1.29 is 14.4 Å². The summed E-state index contributed by atoms with van der Waals surface area (Å²) in [5, 5.41) is 5.50. The molecule has 1 atom stereocenters. The molecule has 1 heterocycles. The summed E-state index contributed by atoms with van der Waals surface area (Å²) in [6.07, 6.45) is 4.49. The number of likely N-dealkylation sites (tertiary alicyclic amines) is 1. The van der Waals surface area contributed by atoms with Crippen LogP contribution in [0.25, 0.3) is 0 Å². The lowest BCUT2D eigenvalue weighted by Gasteiger charge is -2.20. The number of benzene rings is 1. The topological polar surface area (TPSA) is 78.5 Å². The van der Waals surface area contributed by atoms with Gasteiger partial charge >= 0.3 is 0 Å². The smallest absolute Gasteiger partial charge is 0.251 e. The molecule has 6 heteroatoms. The fourth-order valence-corrected chi connectivity index (χ4v) is 2.84. The van der Waals surface area contributed by atoms with Crippen molar-refractivity contribution in [2.24, 2.45) is 0 Å². The average Bonchev–Trinajstić information content (AvgIpc) is 2.83. The average molecular weight is 345 g/mol. The Bertz CT molecular complexity index is 589. The van der Waals surface area contributed by atoms with Crippen LogP contribution in [0.1, 0.15) is 49.4 Å². The van der Waals surface area contributed by atoms with Crippen LogP contribution in [0.15, 0.2) is 30.3 Å². The molecule has 2 rings (SSSR count). The lowest BCUT2D eigenvalue weighted by atomic mass is 10.2. The first-order chi connectivity index (χ1) is 12.1. The Balaban J connectivity index is 1.67. The van der Waals surface area contributed by atoms with E-state index in [1.54, 1.807) is 31.2 Å². The first-order valence-corrected chi connectivity index (χ1v) is 8.99. The third kappa shape index (κ3) is 6.21. The minimum absolute atomic E-state index is 0.215. The van der Waals surface area contributed by atoms with Crippen molar-refractivity contribution in [2.45, 2.75) is 45.1 Å². The number of hydrogen-bond acceptors (Lipinski definition) is 3. The number of carbonyl (C=O) groups is 3. The third-order valence-corrected chi connectivity index (χ3v) is 4.35. The van der Waals surface area contributed by atoms with E-state index in [9.17, 15) is 14.4 Å². The number of carbonyl (C=O) groups excluding carboxylic acids is 3. The summed E-state index contributed by atoms with van der Waals surface area (Å²) in [6.45, 7) is 3.64. The molecule has 0 spiro atoms. The minimum Gasteiger partial charge on any atom is -0.354 e. The molecule has 0 bridgehead atoms. The van der Waals surface area contributed by atoms with E-state index in [0.29, 0.717) is 25.1 Å². The van der Waals surface area contributed by atoms with Gasteiger partial charge in [0.15, 0.2) is 0 Å². The van der Waals surface area contributed by atoms with Gasteiger partial charge in [0.25, 0.3) is 5.91 Å². The summed E-state index contributed by atoms with van der Waals surface area (Å²) >= 11 is 0. The van der Waals surface area contributed by atoms with Crippen molar-refractivity contribution in [2.75, 3.05) is 19.6 Å². The molecular formula is C19H27N3O3. The number of hydrogen-bond donors (Lipinski definition) is 2. The van der Waals surface area contributed by atoms with E-state index >= 15 is 0 Å². The van der Waals surface area contributed by atoms with Gasteiger partial charge in [0.05, 0.1) is 0 Å². The van der Waals surface area contributed by atoms with Crippen LogP contribution < -0.4 is 10.6 Å². The highest BCUT2D eigenvalue weighted by Crippen LogP contribution is 2.11. The van der Waals surface area contributed by atoms with Crippen molar-refractivity contribution in [3.8, 4) is 0 Å². The molecule has 1 aromatic rings. The van der Waals surface area contributed by atoms with Crippen LogP contribution in [-0.2, 0) is 9.59 Å². The lowest BCUT2D eigenvalue weighted by molar-refractivity contribution is -0.130. The Morgan fingerprint density at radius 2 is 1.92 bits per heavy atom. The van der Waals surface area contributed by atoms with Gasteiger partial charge in [0.2, 0.25) is 11.8 Å². The van der Waals surface area contributed by atoms with Crippen LogP contribution in [0.4, 0.5) is 0 Å². The number of amides is 3. The Morgan fingerprint density at radius 3 is 2.68 bits per heavy atom. The molecule has 25 heavy (non-hydrogen) atoms. The highest BCUT2D eigenvalue weighted by atomic mass is 16.2. The zero-order valence-electron chi connectivity index (χ0n) is 14.8. The molecule has 1 aliphatic heterocycles. The molecule has 1 unspecified atom stereocenters. The van der Waals surface area contributed by atoms with Gasteiger partial charge in [0, 0.05) is 31.6 Å². The van der Waals surface area contributed by atoms with Gasteiger partial charge in [-0.2, -0.15) is 0 Å². The molecule has 1 saturated heterocycles. The summed E-state index contributed by atoms with van der Waals surface area (Å²) in [4.78, 5) is 37.9. The van der Waals surface area contributed by atoms with E-state index in [1.165, 1.54) is 0 Å². The third-order valence-electron chi connectivity index (χ3n) is 4.35. The molecule has 3 amide bonds. The Hall–Kier alpha value is -2.37. The SMILES string of the molecule is CC(NC(=O)c1ccccc1)C(=O)NCCCN1CCCCCC1=O. The van der Waals surface area contributed by atoms with Crippen LogP contribution in [0.3, 0.4) is 0 Å². The summed E-state index contributed by atoms with van der Waals surface area (Å²) in [5.41, 5.74) is 0.529. The molecule has 0 saturated carbocycles. The number of nitrogens with one attached hydrogen (secondary N) is 2. The van der Waals surface area contributed by atoms with E-state index < -0.39 is 6.04 Å². The van der Waals surface area contributed by atoms with Gasteiger partial charge < -0.3 is 15.5 Å². The van der Waals surface area contributed by atoms with Crippen molar-refractivity contribution in [3.63, 3.8) is 0 Å². The first-order valence-electron chi connectivity index (χ1n) is 8.99. The van der Waals surface area contributed by atoms with Gasteiger partial charge in [-0.15, -0.1) is 0 Å². The monoisotopic (exact) mass is 345 g/mol. The molecule has 1 fully saturated rings. The second-order valence-corrected chi connectivity index (χ2v) is 6.40. The van der Waals surface area contributed by atoms with E-state index in [-0.39, 0.29) is 17.7 Å². The lowest BCUT2D eigenvalue weighted by Crippen LogP contribution is -2.45. The van der Waals surface area contributed by atoms with Gasteiger partial charge in [-0.05, 0) is 38.3 Å². The Labute approximate surface area is 149 Å². The Kier molecular flexibility index (Phi) is 7.44. The maximum absolute atomic E-state index is 12.1. The second-order valence-electron chi connectivity index (χ2n) is 6.40. The van der Waals surface area contributed by atoms with E-state index in [2.05, 4.69) is 10.6 Å². The fraction of sp³-hybridized carbons (Fsp3) is 0.526. The summed E-state index contributed by atoms with van der Waals surface area (Å²) in [7, 11) is 0. The maximum atomic E-state index is 12.1. The van der Waals surface area contributed by atoms with Gasteiger partial charge in [-0.1, -0.05) is 24.6 Å². The molecule has 136 valence electrons. The fourth-order valence-electron chi connectivity index (χ4n) is 2.84. The van der Waals surface area contributed by atoms with Gasteiger partial charge in [-0.25, -0.2) is 0 Å². The largest absolute Gasteiger partial charge is 0.354 e. The summed E-state index contributed by atoms with van der Waals surface area (Å²) in [6, 6.07) is 8.21. The molecular weight excluding hydrogens is 318 g/mol. The predicted octanol–water partition coefficient (Wildman–Crippen LogP) is 1.71. The zero-order chi connectivity index (χ0) is 18.1. The molecule has 0 aliphatic carbocycles. The molecule has 1 aliphatic rings. The standard InChI is InChI=1S/C19H27N3O3/c1-15(21-19(25)16-9-4-2-5-10-16)18(24)20-12-8-14-22-13-7-3-6-11-17(22)23/h2,4-5,9-10,15H,3,6-8,11-14H2,1H3,(H,20,24)(H,21,25). The Morgan fingerprint density at radius 1 is 1.16 bits per heavy atom. The van der Waals surface area contributed by atoms with Gasteiger partial charge in [0.1, 0.15) is 6.04 Å². The highest BCUT2D eigenvalue weighted by Gasteiger charge is 2.18. The van der Waals surface area contributed by atoms with Crippen molar-refractivity contribution in [1.82, 2.24) is 15.5 Å².